The van der Waals surface area contributed by atoms with Gasteiger partial charge in [0.15, 0.2) is 5.76 Å². The summed E-state index contributed by atoms with van der Waals surface area (Å²) in [4.78, 5) is 23.9. The van der Waals surface area contributed by atoms with Gasteiger partial charge in [0.05, 0.1) is 31.1 Å². The van der Waals surface area contributed by atoms with E-state index in [0.717, 1.165) is 5.56 Å². The van der Waals surface area contributed by atoms with E-state index in [2.05, 4.69) is 15.2 Å². The minimum Gasteiger partial charge on any atom is -0.486 e. The van der Waals surface area contributed by atoms with Crippen LogP contribution in [0.25, 0.3) is 0 Å². The number of benzene rings is 2. The van der Waals surface area contributed by atoms with E-state index in [0.29, 0.717) is 29.3 Å². The van der Waals surface area contributed by atoms with E-state index in [-0.39, 0.29) is 18.2 Å². The highest BCUT2D eigenvalue weighted by Crippen LogP contribution is 2.17. The number of aromatic nitrogens is 2. The second kappa shape index (κ2) is 9.82. The minimum absolute atomic E-state index is 0.112. The number of furan rings is 1. The van der Waals surface area contributed by atoms with Gasteiger partial charge in [0.2, 0.25) is 0 Å². The molecular formula is C24H20FN3O5. The maximum absolute atomic E-state index is 13.0. The molecular weight excluding hydrogens is 429 g/mol. The first-order valence-corrected chi connectivity index (χ1v) is 9.98. The average Bonchev–Trinajstić information content (AvgIpc) is 3.48. The molecule has 0 aliphatic heterocycles. The summed E-state index contributed by atoms with van der Waals surface area (Å²) in [6, 6.07) is 15.8. The number of carbonyl (C=O) groups is 2. The molecule has 2 aromatic carbocycles. The number of ether oxygens (including phenoxy) is 2. The van der Waals surface area contributed by atoms with Gasteiger partial charge in [-0.15, -0.1) is 0 Å². The third-order valence-electron chi connectivity index (χ3n) is 4.69. The molecule has 0 atom stereocenters. The minimum atomic E-state index is -0.427. The Labute approximate surface area is 188 Å². The van der Waals surface area contributed by atoms with Crippen molar-refractivity contribution < 1.29 is 27.9 Å². The van der Waals surface area contributed by atoms with Crippen LogP contribution in [-0.2, 0) is 17.9 Å². The second-order valence-corrected chi connectivity index (χ2v) is 7.08. The van der Waals surface area contributed by atoms with E-state index in [9.17, 15) is 14.0 Å². The van der Waals surface area contributed by atoms with Crippen LogP contribution in [0.1, 0.15) is 32.2 Å². The molecule has 168 valence electrons. The van der Waals surface area contributed by atoms with Gasteiger partial charge >= 0.3 is 5.97 Å². The Morgan fingerprint density at radius 1 is 1.06 bits per heavy atom. The van der Waals surface area contributed by atoms with E-state index in [1.165, 1.54) is 25.4 Å². The fourth-order valence-electron chi connectivity index (χ4n) is 3.02. The lowest BCUT2D eigenvalue weighted by Gasteiger charge is -2.05. The first-order valence-electron chi connectivity index (χ1n) is 9.98. The van der Waals surface area contributed by atoms with E-state index in [1.807, 2.05) is 0 Å². The molecule has 0 radical (unpaired) electrons. The van der Waals surface area contributed by atoms with Gasteiger partial charge in [-0.3, -0.25) is 9.48 Å². The third-order valence-corrected chi connectivity index (χ3v) is 4.69. The number of methoxy groups -OCH3 is 1. The zero-order valence-electron chi connectivity index (χ0n) is 17.7. The Morgan fingerprint density at radius 2 is 1.82 bits per heavy atom. The summed E-state index contributed by atoms with van der Waals surface area (Å²) in [5, 5.41) is 6.92. The van der Waals surface area contributed by atoms with Crippen molar-refractivity contribution in [2.75, 3.05) is 12.4 Å². The van der Waals surface area contributed by atoms with Gasteiger partial charge in [0, 0.05) is 6.20 Å². The van der Waals surface area contributed by atoms with Gasteiger partial charge in [-0.05, 0) is 54.1 Å². The van der Waals surface area contributed by atoms with Gasteiger partial charge in [-0.25, -0.2) is 9.18 Å². The van der Waals surface area contributed by atoms with Gasteiger partial charge in [0.1, 0.15) is 23.9 Å². The van der Waals surface area contributed by atoms with Crippen molar-refractivity contribution in [1.29, 1.82) is 0 Å². The number of anilines is 1. The maximum atomic E-state index is 13.0. The zero-order chi connectivity index (χ0) is 23.2. The molecule has 2 aromatic heterocycles. The Morgan fingerprint density at radius 3 is 2.55 bits per heavy atom. The van der Waals surface area contributed by atoms with Crippen LogP contribution in [-0.4, -0.2) is 28.8 Å². The standard InChI is InChI=1S/C24H20FN3O5/c1-31-24(30)17-4-8-20(9-5-17)32-15-21-10-11-22(33-21)23(29)27-19-12-26-28(14-19)13-16-2-6-18(25)7-3-16/h2-12,14H,13,15H2,1H3,(H,27,29). The molecule has 4 aromatic rings. The molecule has 1 amide bonds. The second-order valence-electron chi connectivity index (χ2n) is 7.08. The van der Waals surface area contributed by atoms with Crippen molar-refractivity contribution in [2.45, 2.75) is 13.2 Å². The van der Waals surface area contributed by atoms with Crippen LogP contribution < -0.4 is 10.1 Å². The number of amides is 1. The Kier molecular flexibility index (Phi) is 6.49. The molecule has 0 fully saturated rings. The van der Waals surface area contributed by atoms with Gasteiger partial charge < -0.3 is 19.2 Å². The number of halogens is 1. The smallest absolute Gasteiger partial charge is 0.337 e. The van der Waals surface area contributed by atoms with Crippen molar-refractivity contribution in [2.24, 2.45) is 0 Å². The molecule has 8 nitrogen and oxygen atoms in total. The fraction of sp³-hybridized carbons (Fsp3) is 0.125. The summed E-state index contributed by atoms with van der Waals surface area (Å²) in [5.74, 6) is -0.0233. The normalized spacial score (nSPS) is 10.6. The molecule has 0 spiro atoms. The average molecular weight is 449 g/mol. The van der Waals surface area contributed by atoms with Crippen LogP contribution in [0.15, 0.2) is 77.5 Å². The van der Waals surface area contributed by atoms with Crippen LogP contribution in [0.3, 0.4) is 0 Å². The van der Waals surface area contributed by atoms with Crippen molar-refractivity contribution in [3.63, 3.8) is 0 Å². The summed E-state index contributed by atoms with van der Waals surface area (Å²) in [5.41, 5.74) is 1.80. The summed E-state index contributed by atoms with van der Waals surface area (Å²) >= 11 is 0. The number of hydrogen-bond donors (Lipinski definition) is 1. The quantitative estimate of drug-likeness (QED) is 0.404. The lowest BCUT2D eigenvalue weighted by molar-refractivity contribution is 0.0600. The largest absolute Gasteiger partial charge is 0.486 e. The zero-order valence-corrected chi connectivity index (χ0v) is 17.7. The molecule has 0 bridgehead atoms. The number of hydrogen-bond acceptors (Lipinski definition) is 6. The Hall–Kier alpha value is -4.40. The molecule has 0 saturated carbocycles. The topological polar surface area (TPSA) is 95.6 Å². The van der Waals surface area contributed by atoms with Crippen LogP contribution in [0.2, 0.25) is 0 Å². The highest BCUT2D eigenvalue weighted by atomic mass is 19.1. The Bertz CT molecular complexity index is 1250. The highest BCUT2D eigenvalue weighted by Gasteiger charge is 2.13. The SMILES string of the molecule is COC(=O)c1ccc(OCc2ccc(C(=O)Nc3cnn(Cc4ccc(F)cc4)c3)o2)cc1. The van der Waals surface area contributed by atoms with E-state index < -0.39 is 11.9 Å². The first-order chi connectivity index (χ1) is 16.0. The molecule has 0 saturated heterocycles. The Balaban J connectivity index is 1.30. The number of carbonyl (C=O) groups excluding carboxylic acids is 2. The predicted molar refractivity (Wildman–Crippen MR) is 117 cm³/mol. The number of nitrogens with one attached hydrogen (secondary N) is 1. The monoisotopic (exact) mass is 449 g/mol. The highest BCUT2D eigenvalue weighted by molar-refractivity contribution is 6.02. The van der Waals surface area contributed by atoms with Crippen LogP contribution in [0, 0.1) is 5.82 Å². The van der Waals surface area contributed by atoms with Gasteiger partial charge in [-0.2, -0.15) is 5.10 Å². The van der Waals surface area contributed by atoms with E-state index in [4.69, 9.17) is 9.15 Å². The van der Waals surface area contributed by atoms with Gasteiger partial charge in [-0.1, -0.05) is 12.1 Å². The fourth-order valence-corrected chi connectivity index (χ4v) is 3.02. The summed E-state index contributed by atoms with van der Waals surface area (Å²) in [6.45, 7) is 0.555. The summed E-state index contributed by atoms with van der Waals surface area (Å²) < 4.78 is 30.5. The third kappa shape index (κ3) is 5.65. The van der Waals surface area contributed by atoms with Crippen molar-refractivity contribution in [1.82, 2.24) is 9.78 Å². The summed E-state index contributed by atoms with van der Waals surface area (Å²) in [6.07, 6.45) is 3.19. The van der Waals surface area contributed by atoms with Crippen LogP contribution in [0.5, 0.6) is 5.75 Å². The first kappa shape index (κ1) is 21.8. The molecule has 4 rings (SSSR count). The molecule has 0 aliphatic carbocycles. The van der Waals surface area contributed by atoms with Crippen LogP contribution in [0.4, 0.5) is 10.1 Å². The van der Waals surface area contributed by atoms with Crippen molar-refractivity contribution in [3.05, 3.63) is 102 Å². The molecule has 1 N–H and O–H groups in total. The molecule has 0 unspecified atom stereocenters. The van der Waals surface area contributed by atoms with Crippen molar-refractivity contribution >= 4 is 17.6 Å². The molecule has 9 heteroatoms. The number of rotatable bonds is 8. The maximum Gasteiger partial charge on any atom is 0.337 e. The van der Waals surface area contributed by atoms with E-state index in [1.54, 1.807) is 59.4 Å². The van der Waals surface area contributed by atoms with E-state index >= 15 is 0 Å². The molecule has 33 heavy (non-hydrogen) atoms. The summed E-state index contributed by atoms with van der Waals surface area (Å²) in [7, 11) is 1.32. The molecule has 0 aliphatic rings. The predicted octanol–water partition coefficient (Wildman–Crippen LogP) is 4.28. The molecule has 2 heterocycles. The number of nitrogens with zero attached hydrogens (tertiary/aromatic N) is 2. The van der Waals surface area contributed by atoms with Gasteiger partial charge in [0.25, 0.3) is 5.91 Å². The lowest BCUT2D eigenvalue weighted by atomic mass is 10.2. The van der Waals surface area contributed by atoms with Crippen molar-refractivity contribution in [3.8, 4) is 5.75 Å². The van der Waals surface area contributed by atoms with Crippen LogP contribution >= 0.6 is 0 Å². The number of esters is 1. The lowest BCUT2D eigenvalue weighted by Crippen LogP contribution is -2.10.